The van der Waals surface area contributed by atoms with E-state index in [1.54, 1.807) is 0 Å². The Kier molecular flexibility index (Phi) is 4.81. The standard InChI is InChI=1S/C13H26BNO2/c1-7-8-11(9-10-15-6)14-16-12(2,3)13(4,5)17-14/h9,15H,7-8,10H2,1-6H3/b11-9+. The maximum Gasteiger partial charge on any atom is 0.490 e. The number of hydrogen-bond acceptors (Lipinski definition) is 3. The molecule has 0 bridgehead atoms. The van der Waals surface area contributed by atoms with Crippen molar-refractivity contribution in [1.82, 2.24) is 5.32 Å². The first kappa shape index (κ1) is 14.7. The molecule has 1 rings (SSSR count). The zero-order valence-electron chi connectivity index (χ0n) is 12.1. The maximum absolute atomic E-state index is 6.06. The molecule has 0 atom stereocenters. The summed E-state index contributed by atoms with van der Waals surface area (Å²) in [6.07, 6.45) is 4.32. The van der Waals surface area contributed by atoms with E-state index in [9.17, 15) is 0 Å². The van der Waals surface area contributed by atoms with Crippen molar-refractivity contribution >= 4 is 7.12 Å². The van der Waals surface area contributed by atoms with Gasteiger partial charge in [-0.15, -0.1) is 0 Å². The average molecular weight is 239 g/mol. The van der Waals surface area contributed by atoms with Crippen molar-refractivity contribution in [2.75, 3.05) is 13.6 Å². The number of allylic oxidation sites excluding steroid dienone is 1. The molecule has 0 aliphatic carbocycles. The molecular formula is C13H26BNO2. The van der Waals surface area contributed by atoms with E-state index in [2.05, 4.69) is 46.0 Å². The van der Waals surface area contributed by atoms with Crippen LogP contribution in [-0.2, 0) is 9.31 Å². The molecule has 0 spiro atoms. The minimum Gasteiger partial charge on any atom is -0.400 e. The van der Waals surface area contributed by atoms with E-state index in [0.29, 0.717) is 0 Å². The molecule has 0 radical (unpaired) electrons. The van der Waals surface area contributed by atoms with Crippen LogP contribution in [0.3, 0.4) is 0 Å². The predicted molar refractivity (Wildman–Crippen MR) is 73.0 cm³/mol. The molecule has 3 nitrogen and oxygen atoms in total. The fraction of sp³-hybridized carbons (Fsp3) is 0.846. The summed E-state index contributed by atoms with van der Waals surface area (Å²) in [7, 11) is 1.76. The zero-order valence-corrected chi connectivity index (χ0v) is 12.1. The maximum atomic E-state index is 6.06. The van der Waals surface area contributed by atoms with E-state index in [1.165, 1.54) is 5.47 Å². The van der Waals surface area contributed by atoms with Crippen molar-refractivity contribution in [3.63, 3.8) is 0 Å². The van der Waals surface area contributed by atoms with E-state index in [-0.39, 0.29) is 18.3 Å². The van der Waals surface area contributed by atoms with Crippen LogP contribution in [0.25, 0.3) is 0 Å². The minimum absolute atomic E-state index is 0.187. The molecule has 1 aliphatic heterocycles. The van der Waals surface area contributed by atoms with Gasteiger partial charge in [-0.2, -0.15) is 0 Å². The molecule has 4 heteroatoms. The van der Waals surface area contributed by atoms with E-state index in [4.69, 9.17) is 9.31 Å². The summed E-state index contributed by atoms with van der Waals surface area (Å²) in [4.78, 5) is 0. The lowest BCUT2D eigenvalue weighted by atomic mass is 9.75. The van der Waals surface area contributed by atoms with Crippen LogP contribution in [0.4, 0.5) is 0 Å². The fourth-order valence-corrected chi connectivity index (χ4v) is 1.83. The lowest BCUT2D eigenvalue weighted by Gasteiger charge is -2.32. The van der Waals surface area contributed by atoms with Crippen LogP contribution in [-0.4, -0.2) is 31.9 Å². The average Bonchev–Trinajstić information content (AvgIpc) is 2.43. The highest BCUT2D eigenvalue weighted by Crippen LogP contribution is 2.39. The van der Waals surface area contributed by atoms with E-state index >= 15 is 0 Å². The van der Waals surface area contributed by atoms with E-state index < -0.39 is 0 Å². The molecule has 1 saturated heterocycles. The summed E-state index contributed by atoms with van der Waals surface area (Å²) in [5.74, 6) is 0. The highest BCUT2D eigenvalue weighted by Gasteiger charge is 2.51. The third kappa shape index (κ3) is 3.33. The number of hydrogen-bond donors (Lipinski definition) is 1. The predicted octanol–water partition coefficient (Wildman–Crippen LogP) is 2.56. The van der Waals surface area contributed by atoms with Crippen molar-refractivity contribution in [3.05, 3.63) is 11.5 Å². The second-order valence-corrected chi connectivity index (χ2v) is 5.67. The van der Waals surface area contributed by atoms with E-state index in [1.807, 2.05) is 7.05 Å². The van der Waals surface area contributed by atoms with Gasteiger partial charge < -0.3 is 14.6 Å². The molecule has 0 aromatic rings. The van der Waals surface area contributed by atoms with Crippen molar-refractivity contribution < 1.29 is 9.31 Å². The fourth-order valence-electron chi connectivity index (χ4n) is 1.83. The lowest BCUT2D eigenvalue weighted by Crippen LogP contribution is -2.41. The molecule has 0 aromatic carbocycles. The van der Waals surface area contributed by atoms with Crippen molar-refractivity contribution in [3.8, 4) is 0 Å². The molecule has 0 amide bonds. The summed E-state index contributed by atoms with van der Waals surface area (Å²) >= 11 is 0. The second-order valence-electron chi connectivity index (χ2n) is 5.67. The summed E-state index contributed by atoms with van der Waals surface area (Å²) in [6.45, 7) is 11.4. The normalized spacial score (nSPS) is 23.2. The molecule has 1 fully saturated rings. The highest BCUT2D eigenvalue weighted by molar-refractivity contribution is 6.54. The molecule has 1 heterocycles. The minimum atomic E-state index is -0.246. The van der Waals surface area contributed by atoms with Gasteiger partial charge in [0.2, 0.25) is 0 Å². The first-order valence-electron chi connectivity index (χ1n) is 6.53. The van der Waals surface area contributed by atoms with Crippen LogP contribution >= 0.6 is 0 Å². The van der Waals surface area contributed by atoms with E-state index in [0.717, 1.165) is 19.4 Å². The SMILES string of the molecule is CCC/C(=C\CNC)B1OC(C)(C)C(C)(C)O1. The van der Waals surface area contributed by atoms with Crippen molar-refractivity contribution in [2.24, 2.45) is 0 Å². The monoisotopic (exact) mass is 239 g/mol. The summed E-state index contributed by atoms with van der Waals surface area (Å²) in [5.41, 5.74) is 0.759. The quantitative estimate of drug-likeness (QED) is 0.748. The third-order valence-corrected chi connectivity index (χ3v) is 3.66. The molecule has 0 saturated carbocycles. The third-order valence-electron chi connectivity index (χ3n) is 3.66. The van der Waals surface area contributed by atoms with Crippen LogP contribution in [0, 0.1) is 0 Å². The first-order valence-corrected chi connectivity index (χ1v) is 6.53. The van der Waals surface area contributed by atoms with Crippen LogP contribution in [0.1, 0.15) is 47.5 Å². The molecular weight excluding hydrogens is 213 g/mol. The number of rotatable bonds is 5. The highest BCUT2D eigenvalue weighted by atomic mass is 16.7. The zero-order chi connectivity index (χ0) is 13.1. The summed E-state index contributed by atoms with van der Waals surface area (Å²) in [5, 5.41) is 3.13. The van der Waals surface area contributed by atoms with Gasteiger partial charge in [0.05, 0.1) is 11.2 Å². The van der Waals surface area contributed by atoms with Crippen LogP contribution < -0.4 is 5.32 Å². The Labute approximate surface area is 106 Å². The first-order chi connectivity index (χ1) is 7.84. The number of nitrogens with one attached hydrogen (secondary N) is 1. The van der Waals surface area contributed by atoms with Gasteiger partial charge in [-0.05, 0) is 46.6 Å². The molecule has 17 heavy (non-hydrogen) atoms. The Morgan fingerprint density at radius 3 is 2.12 bits per heavy atom. The number of likely N-dealkylation sites (N-methyl/N-ethyl adjacent to an activating group) is 1. The smallest absolute Gasteiger partial charge is 0.400 e. The Morgan fingerprint density at radius 2 is 1.71 bits per heavy atom. The topological polar surface area (TPSA) is 30.5 Å². The summed E-state index contributed by atoms with van der Waals surface area (Å²) in [6, 6.07) is 0. The van der Waals surface area contributed by atoms with Crippen molar-refractivity contribution in [2.45, 2.75) is 58.7 Å². The molecule has 0 unspecified atom stereocenters. The van der Waals surface area contributed by atoms with Gasteiger partial charge in [-0.25, -0.2) is 0 Å². The Bertz CT molecular complexity index is 271. The van der Waals surface area contributed by atoms with Crippen LogP contribution in [0.15, 0.2) is 11.5 Å². The van der Waals surface area contributed by atoms with Gasteiger partial charge in [0, 0.05) is 6.54 Å². The molecule has 0 aromatic heterocycles. The Morgan fingerprint density at radius 1 is 1.18 bits per heavy atom. The van der Waals surface area contributed by atoms with Crippen molar-refractivity contribution in [1.29, 1.82) is 0 Å². The lowest BCUT2D eigenvalue weighted by molar-refractivity contribution is 0.00578. The Balaban J connectivity index is 2.79. The van der Waals surface area contributed by atoms with Gasteiger partial charge in [0.1, 0.15) is 0 Å². The molecule has 1 aliphatic rings. The molecule has 98 valence electrons. The summed E-state index contributed by atoms with van der Waals surface area (Å²) < 4.78 is 12.1. The van der Waals surface area contributed by atoms with Crippen LogP contribution in [0.2, 0.25) is 0 Å². The largest absolute Gasteiger partial charge is 0.490 e. The Hall–Kier alpha value is -0.315. The molecule has 1 N–H and O–H groups in total. The van der Waals surface area contributed by atoms with Gasteiger partial charge in [-0.3, -0.25) is 0 Å². The van der Waals surface area contributed by atoms with Gasteiger partial charge in [-0.1, -0.05) is 19.4 Å². The van der Waals surface area contributed by atoms with Gasteiger partial charge in [0.15, 0.2) is 0 Å². The van der Waals surface area contributed by atoms with Crippen LogP contribution in [0.5, 0.6) is 0 Å². The second kappa shape index (κ2) is 5.55. The van der Waals surface area contributed by atoms with Gasteiger partial charge in [0.25, 0.3) is 0 Å². The van der Waals surface area contributed by atoms with Gasteiger partial charge >= 0.3 is 7.12 Å².